The predicted molar refractivity (Wildman–Crippen MR) is 133 cm³/mol. The molecule has 3 N–H and O–H groups in total. The van der Waals surface area contributed by atoms with Gasteiger partial charge in [-0.3, -0.25) is 0 Å². The highest BCUT2D eigenvalue weighted by atomic mass is 16.5. The Morgan fingerprint density at radius 3 is 2.50 bits per heavy atom. The van der Waals surface area contributed by atoms with Gasteiger partial charge < -0.3 is 20.5 Å². The summed E-state index contributed by atoms with van der Waals surface area (Å²) in [5.41, 5.74) is 11.5. The van der Waals surface area contributed by atoms with E-state index in [9.17, 15) is 4.79 Å². The van der Waals surface area contributed by atoms with Crippen LogP contribution in [0.15, 0.2) is 48.7 Å². The number of ether oxygens (including phenoxy) is 2. The molecule has 8 heteroatoms. The van der Waals surface area contributed by atoms with Crippen LogP contribution in [0.5, 0.6) is 5.75 Å². The van der Waals surface area contributed by atoms with Crippen molar-refractivity contribution in [3.8, 4) is 16.9 Å². The molecule has 0 aliphatic carbocycles. The van der Waals surface area contributed by atoms with E-state index < -0.39 is 5.97 Å². The van der Waals surface area contributed by atoms with E-state index >= 15 is 0 Å². The zero-order chi connectivity index (χ0) is 24.4. The summed E-state index contributed by atoms with van der Waals surface area (Å²) in [5, 5.41) is 4.36. The molecule has 0 saturated heterocycles. The first-order valence-corrected chi connectivity index (χ1v) is 10.8. The van der Waals surface area contributed by atoms with Crippen LogP contribution >= 0.6 is 0 Å². The minimum absolute atomic E-state index is 0.0359. The summed E-state index contributed by atoms with van der Waals surface area (Å²) in [5.74, 6) is 1.50. The number of carbonyl (C=O) groups is 1. The summed E-state index contributed by atoms with van der Waals surface area (Å²) < 4.78 is 10.4. The number of nitrogens with two attached hydrogens (primary N) is 1. The Hall–Kier alpha value is -4.20. The Labute approximate surface area is 198 Å². The zero-order valence-electron chi connectivity index (χ0n) is 19.8. The van der Waals surface area contributed by atoms with E-state index in [-0.39, 0.29) is 11.7 Å². The lowest BCUT2D eigenvalue weighted by atomic mass is 10.0. The molecule has 174 valence electrons. The minimum Gasteiger partial charge on any atom is -0.496 e. The Kier molecular flexibility index (Phi) is 6.32. The number of hydrogen-bond acceptors (Lipinski definition) is 8. The Morgan fingerprint density at radius 2 is 1.85 bits per heavy atom. The van der Waals surface area contributed by atoms with Gasteiger partial charge in [0.2, 0.25) is 0 Å². The molecule has 0 fully saturated rings. The van der Waals surface area contributed by atoms with Crippen LogP contribution in [0.25, 0.3) is 22.0 Å². The van der Waals surface area contributed by atoms with E-state index in [1.807, 2.05) is 44.2 Å². The largest absolute Gasteiger partial charge is 0.496 e. The third kappa shape index (κ3) is 4.61. The first kappa shape index (κ1) is 23.0. The molecule has 1 atom stereocenters. The molecule has 34 heavy (non-hydrogen) atoms. The van der Waals surface area contributed by atoms with Crippen LogP contribution < -0.4 is 15.8 Å². The summed E-state index contributed by atoms with van der Waals surface area (Å²) in [6, 6.07) is 13.3. The minimum atomic E-state index is -0.488. The molecule has 8 nitrogen and oxygen atoms in total. The number of pyridine rings is 1. The number of rotatable bonds is 6. The molecule has 0 aliphatic rings. The van der Waals surface area contributed by atoms with Gasteiger partial charge in [-0.2, -0.15) is 0 Å². The second-order valence-corrected chi connectivity index (χ2v) is 8.16. The molecule has 2 aromatic heterocycles. The lowest BCUT2D eigenvalue weighted by molar-refractivity contribution is 0.0594. The highest BCUT2D eigenvalue weighted by Crippen LogP contribution is 2.36. The quantitative estimate of drug-likeness (QED) is 0.312. The number of nitrogen functional groups attached to an aromatic ring is 1. The number of esters is 1. The van der Waals surface area contributed by atoms with Gasteiger partial charge in [0.05, 0.1) is 25.8 Å². The van der Waals surface area contributed by atoms with Crippen molar-refractivity contribution in [1.29, 1.82) is 0 Å². The first-order valence-electron chi connectivity index (χ1n) is 10.8. The van der Waals surface area contributed by atoms with Gasteiger partial charge in [-0.1, -0.05) is 12.1 Å². The Balaban J connectivity index is 1.79. The molecule has 0 aliphatic heterocycles. The SMILES string of the molecule is COC(=O)c1ccc(-c2cc3c(N[C@@H](C)c4cc(C)cc(N)c4)nc(C)nc3cc2OC)cn1. The van der Waals surface area contributed by atoms with Crippen molar-refractivity contribution in [1.82, 2.24) is 15.0 Å². The second kappa shape index (κ2) is 9.35. The number of hydrogen-bond donors (Lipinski definition) is 2. The summed E-state index contributed by atoms with van der Waals surface area (Å²) in [7, 11) is 2.94. The van der Waals surface area contributed by atoms with Gasteiger partial charge in [-0.15, -0.1) is 0 Å². The van der Waals surface area contributed by atoms with Gasteiger partial charge in [0.25, 0.3) is 0 Å². The summed E-state index contributed by atoms with van der Waals surface area (Å²) in [6.07, 6.45) is 1.62. The third-order valence-corrected chi connectivity index (χ3v) is 5.57. The molecule has 0 bridgehead atoms. The van der Waals surface area contributed by atoms with Crippen LogP contribution in [0.3, 0.4) is 0 Å². The Morgan fingerprint density at radius 1 is 1.06 bits per heavy atom. The third-order valence-electron chi connectivity index (χ3n) is 5.57. The van der Waals surface area contributed by atoms with Crippen molar-refractivity contribution in [2.45, 2.75) is 26.8 Å². The van der Waals surface area contributed by atoms with Crippen LogP contribution in [-0.2, 0) is 4.74 Å². The number of benzene rings is 2. The average molecular weight is 458 g/mol. The van der Waals surface area contributed by atoms with Crippen LogP contribution in [0.2, 0.25) is 0 Å². The molecule has 0 saturated carbocycles. The topological polar surface area (TPSA) is 112 Å². The van der Waals surface area contributed by atoms with Crippen LogP contribution in [-0.4, -0.2) is 35.1 Å². The molecule has 2 heterocycles. The van der Waals surface area contributed by atoms with E-state index in [1.54, 1.807) is 19.4 Å². The maximum atomic E-state index is 11.8. The lowest BCUT2D eigenvalue weighted by Crippen LogP contribution is -2.10. The smallest absolute Gasteiger partial charge is 0.356 e. The van der Waals surface area contributed by atoms with Gasteiger partial charge in [0.15, 0.2) is 0 Å². The van der Waals surface area contributed by atoms with Crippen LogP contribution in [0.1, 0.15) is 40.4 Å². The van der Waals surface area contributed by atoms with Gasteiger partial charge in [-0.05, 0) is 56.2 Å². The number of aryl methyl sites for hydroxylation is 2. The summed E-state index contributed by atoms with van der Waals surface area (Å²) in [6.45, 7) is 5.95. The maximum Gasteiger partial charge on any atom is 0.356 e. The van der Waals surface area contributed by atoms with Crippen molar-refractivity contribution >= 4 is 28.4 Å². The molecule has 0 spiro atoms. The van der Waals surface area contributed by atoms with Crippen LogP contribution in [0, 0.1) is 13.8 Å². The van der Waals surface area contributed by atoms with E-state index in [1.165, 1.54) is 7.11 Å². The molecule has 2 aromatic carbocycles. The molecule has 4 aromatic rings. The number of methoxy groups -OCH3 is 2. The predicted octanol–water partition coefficient (Wildman–Crippen LogP) is 4.86. The van der Waals surface area contributed by atoms with E-state index in [0.717, 1.165) is 38.8 Å². The maximum absolute atomic E-state index is 11.8. The fourth-order valence-corrected chi connectivity index (χ4v) is 3.94. The fourth-order valence-electron chi connectivity index (χ4n) is 3.94. The van der Waals surface area contributed by atoms with E-state index in [2.05, 4.69) is 33.3 Å². The number of carbonyl (C=O) groups excluding carboxylic acids is 1. The molecule has 4 rings (SSSR count). The lowest BCUT2D eigenvalue weighted by Gasteiger charge is -2.19. The number of fused-ring (bicyclic) bond motifs is 1. The number of nitrogens with one attached hydrogen (secondary N) is 1. The van der Waals surface area contributed by atoms with E-state index in [0.29, 0.717) is 17.4 Å². The highest BCUT2D eigenvalue weighted by molar-refractivity contribution is 5.95. The van der Waals surface area contributed by atoms with Gasteiger partial charge in [-0.25, -0.2) is 19.7 Å². The monoisotopic (exact) mass is 457 g/mol. The van der Waals surface area contributed by atoms with Gasteiger partial charge in [0, 0.05) is 34.5 Å². The number of nitrogens with zero attached hydrogens (tertiary/aromatic N) is 3. The molecule has 0 unspecified atom stereocenters. The normalized spacial score (nSPS) is 11.8. The number of anilines is 2. The van der Waals surface area contributed by atoms with Crippen molar-refractivity contribution in [2.24, 2.45) is 0 Å². The van der Waals surface area contributed by atoms with Crippen molar-refractivity contribution in [2.75, 3.05) is 25.3 Å². The van der Waals surface area contributed by atoms with Crippen molar-refractivity contribution < 1.29 is 14.3 Å². The Bertz CT molecular complexity index is 1350. The van der Waals surface area contributed by atoms with Crippen molar-refractivity contribution in [3.05, 3.63) is 71.3 Å². The standard InChI is InChI=1S/C26H27N5O3/c1-14-8-18(10-19(27)9-14)15(2)29-25-21-11-20(17-6-7-22(28-13-17)26(32)34-5)24(33-4)12-23(21)30-16(3)31-25/h6-13,15H,27H2,1-5H3,(H,29,30,31)/t15-/m0/s1. The van der Waals surface area contributed by atoms with E-state index in [4.69, 9.17) is 15.2 Å². The first-order chi connectivity index (χ1) is 16.3. The molecule has 0 radical (unpaired) electrons. The summed E-state index contributed by atoms with van der Waals surface area (Å²) in [4.78, 5) is 25.3. The summed E-state index contributed by atoms with van der Waals surface area (Å²) >= 11 is 0. The second-order valence-electron chi connectivity index (χ2n) is 8.16. The molecular weight excluding hydrogens is 430 g/mol. The fraction of sp³-hybridized carbons (Fsp3) is 0.231. The molecular formula is C26H27N5O3. The zero-order valence-corrected chi connectivity index (χ0v) is 19.8. The highest BCUT2D eigenvalue weighted by Gasteiger charge is 2.16. The van der Waals surface area contributed by atoms with Gasteiger partial charge >= 0.3 is 5.97 Å². The van der Waals surface area contributed by atoms with Crippen LogP contribution in [0.4, 0.5) is 11.5 Å². The van der Waals surface area contributed by atoms with Crippen molar-refractivity contribution in [3.63, 3.8) is 0 Å². The average Bonchev–Trinajstić information content (AvgIpc) is 2.82. The number of aromatic nitrogens is 3. The van der Waals surface area contributed by atoms with Gasteiger partial charge in [0.1, 0.15) is 23.1 Å². The molecule has 0 amide bonds.